The molecule has 0 rings (SSSR count). The van der Waals surface area contributed by atoms with Gasteiger partial charge in [0.15, 0.2) is 0 Å². The van der Waals surface area contributed by atoms with Gasteiger partial charge in [-0.2, -0.15) is 0 Å². The normalized spacial score (nSPS) is 13.1. The summed E-state index contributed by atoms with van der Waals surface area (Å²) in [6.45, 7) is 7.87. The first-order chi connectivity index (χ1) is 15.9. The average molecular weight is 487 g/mol. The highest BCUT2D eigenvalue weighted by atomic mass is 31.2. The van der Waals surface area contributed by atoms with Crippen molar-refractivity contribution in [3.63, 3.8) is 0 Å². The number of hydrogen-bond donors (Lipinski definition) is 1. The van der Waals surface area contributed by atoms with Crippen LogP contribution in [0.3, 0.4) is 0 Å². The maximum atomic E-state index is 12.3. The van der Waals surface area contributed by atoms with Gasteiger partial charge < -0.3 is 9.63 Å². The number of esters is 1. The fourth-order valence-corrected chi connectivity index (χ4v) is 5.78. The fraction of sp³-hybridized carbons (Fsp3) is 0.893. The SMILES string of the molecule is C=C(C)C(=O)OCCCCCCP(=O)(O)CCCCCCCCCCCCCCCCCC. The van der Waals surface area contributed by atoms with Crippen LogP contribution in [-0.2, 0) is 14.1 Å². The quantitative estimate of drug-likeness (QED) is 0.0604. The Morgan fingerprint density at radius 1 is 0.667 bits per heavy atom. The van der Waals surface area contributed by atoms with Crippen LogP contribution in [0.25, 0.3) is 0 Å². The van der Waals surface area contributed by atoms with E-state index in [-0.39, 0.29) is 5.97 Å². The second kappa shape index (κ2) is 23.2. The molecule has 196 valence electrons. The lowest BCUT2D eigenvalue weighted by atomic mass is 10.0. The molecule has 0 aromatic heterocycles. The van der Waals surface area contributed by atoms with E-state index < -0.39 is 7.37 Å². The maximum absolute atomic E-state index is 12.3. The molecular formula is C28H55O4P. The van der Waals surface area contributed by atoms with Crippen LogP contribution in [0.4, 0.5) is 0 Å². The van der Waals surface area contributed by atoms with Gasteiger partial charge in [-0.3, -0.25) is 4.57 Å². The van der Waals surface area contributed by atoms with E-state index in [0.717, 1.165) is 38.5 Å². The molecule has 0 saturated heterocycles. The van der Waals surface area contributed by atoms with E-state index >= 15 is 0 Å². The molecule has 0 amide bonds. The molecule has 5 heteroatoms. The summed E-state index contributed by atoms with van der Waals surface area (Å²) < 4.78 is 17.3. The molecule has 1 N–H and O–H groups in total. The molecule has 0 radical (unpaired) electrons. The summed E-state index contributed by atoms with van der Waals surface area (Å²) in [5.74, 6) is -0.339. The lowest BCUT2D eigenvalue weighted by molar-refractivity contribution is -0.139. The van der Waals surface area contributed by atoms with Gasteiger partial charge in [0.2, 0.25) is 7.37 Å². The van der Waals surface area contributed by atoms with Crippen LogP contribution in [0, 0.1) is 0 Å². The van der Waals surface area contributed by atoms with Gasteiger partial charge in [-0.05, 0) is 26.2 Å². The smallest absolute Gasteiger partial charge is 0.333 e. The Labute approximate surface area is 205 Å². The third-order valence-corrected chi connectivity index (χ3v) is 8.37. The minimum atomic E-state index is -2.96. The highest BCUT2D eigenvalue weighted by molar-refractivity contribution is 7.57. The van der Waals surface area contributed by atoms with Crippen molar-refractivity contribution >= 4 is 13.3 Å². The lowest BCUT2D eigenvalue weighted by Crippen LogP contribution is -2.06. The molecule has 0 saturated carbocycles. The van der Waals surface area contributed by atoms with Crippen molar-refractivity contribution < 1.29 is 19.0 Å². The van der Waals surface area contributed by atoms with Gasteiger partial charge in [0, 0.05) is 17.9 Å². The third kappa shape index (κ3) is 24.3. The Morgan fingerprint density at radius 2 is 1.00 bits per heavy atom. The van der Waals surface area contributed by atoms with Crippen LogP contribution >= 0.6 is 7.37 Å². The van der Waals surface area contributed by atoms with Gasteiger partial charge in [0.25, 0.3) is 0 Å². The van der Waals surface area contributed by atoms with Crippen LogP contribution in [0.15, 0.2) is 12.2 Å². The lowest BCUT2D eigenvalue weighted by Gasteiger charge is -2.11. The van der Waals surface area contributed by atoms with Gasteiger partial charge in [0.05, 0.1) is 6.61 Å². The monoisotopic (exact) mass is 486 g/mol. The second-order valence-electron chi connectivity index (χ2n) is 9.93. The van der Waals surface area contributed by atoms with E-state index in [1.807, 2.05) is 0 Å². The predicted octanol–water partition coefficient (Wildman–Crippen LogP) is 9.20. The number of carbonyl (C=O) groups excluding carboxylic acids is 1. The van der Waals surface area contributed by atoms with Crippen molar-refractivity contribution in [1.82, 2.24) is 0 Å². The Morgan fingerprint density at radius 3 is 1.36 bits per heavy atom. The van der Waals surface area contributed by atoms with E-state index in [9.17, 15) is 14.3 Å². The van der Waals surface area contributed by atoms with Crippen molar-refractivity contribution in [2.45, 2.75) is 142 Å². The summed E-state index contributed by atoms with van der Waals surface area (Å²) in [6, 6.07) is 0. The minimum Gasteiger partial charge on any atom is -0.462 e. The molecule has 1 unspecified atom stereocenters. The molecule has 0 fully saturated rings. The molecule has 1 atom stereocenters. The zero-order chi connectivity index (χ0) is 24.6. The predicted molar refractivity (Wildman–Crippen MR) is 143 cm³/mol. The number of carbonyl (C=O) groups is 1. The van der Waals surface area contributed by atoms with Crippen molar-refractivity contribution in [3.8, 4) is 0 Å². The first-order valence-corrected chi connectivity index (χ1v) is 16.1. The standard InChI is InChI=1S/C28H55O4P/c1-4-5-6-7-8-9-10-11-12-13-14-15-16-17-19-22-25-33(30,31)26-23-20-18-21-24-32-28(29)27(2)3/h2,4-26H2,1,3H3,(H,30,31). The van der Waals surface area contributed by atoms with E-state index in [4.69, 9.17) is 4.74 Å². The summed E-state index contributed by atoms with van der Waals surface area (Å²) in [5, 5.41) is 0. The molecule has 0 spiro atoms. The topological polar surface area (TPSA) is 63.6 Å². The van der Waals surface area contributed by atoms with Crippen LogP contribution in [0.2, 0.25) is 0 Å². The number of rotatable bonds is 25. The molecule has 0 bridgehead atoms. The Kier molecular flexibility index (Phi) is 22.7. The zero-order valence-corrected chi connectivity index (χ0v) is 23.0. The highest BCUT2D eigenvalue weighted by Gasteiger charge is 2.16. The first-order valence-electron chi connectivity index (χ1n) is 14.0. The van der Waals surface area contributed by atoms with Crippen LogP contribution < -0.4 is 0 Å². The van der Waals surface area contributed by atoms with Crippen molar-refractivity contribution in [1.29, 1.82) is 0 Å². The highest BCUT2D eigenvalue weighted by Crippen LogP contribution is 2.42. The van der Waals surface area contributed by atoms with E-state index in [1.54, 1.807) is 6.92 Å². The molecule has 33 heavy (non-hydrogen) atoms. The van der Waals surface area contributed by atoms with Gasteiger partial charge >= 0.3 is 5.97 Å². The van der Waals surface area contributed by atoms with Gasteiger partial charge in [-0.1, -0.05) is 123 Å². The van der Waals surface area contributed by atoms with Crippen molar-refractivity contribution in [2.24, 2.45) is 0 Å². The molecule has 0 aromatic rings. The summed E-state index contributed by atoms with van der Waals surface area (Å²) in [7, 11) is -2.96. The largest absolute Gasteiger partial charge is 0.462 e. The summed E-state index contributed by atoms with van der Waals surface area (Å²) in [4.78, 5) is 21.4. The summed E-state index contributed by atoms with van der Waals surface area (Å²) in [5.41, 5.74) is 0.422. The van der Waals surface area contributed by atoms with Crippen LogP contribution in [-0.4, -0.2) is 29.8 Å². The zero-order valence-electron chi connectivity index (χ0n) is 22.1. The van der Waals surface area contributed by atoms with Gasteiger partial charge in [-0.25, -0.2) is 4.79 Å². The second-order valence-corrected chi connectivity index (χ2v) is 12.5. The third-order valence-electron chi connectivity index (χ3n) is 6.34. The Balaban J connectivity index is 3.35. The first kappa shape index (κ1) is 32.4. The van der Waals surface area contributed by atoms with E-state index in [2.05, 4.69) is 13.5 Å². The van der Waals surface area contributed by atoms with Crippen LogP contribution in [0.5, 0.6) is 0 Å². The number of hydrogen-bond acceptors (Lipinski definition) is 3. The van der Waals surface area contributed by atoms with E-state index in [1.165, 1.54) is 89.9 Å². The Hall–Kier alpha value is -0.600. The molecule has 0 aliphatic rings. The Bertz CT molecular complexity index is 518. The van der Waals surface area contributed by atoms with E-state index in [0.29, 0.717) is 24.5 Å². The fourth-order valence-electron chi connectivity index (χ4n) is 4.12. The number of ether oxygens (including phenoxy) is 1. The molecule has 0 aliphatic heterocycles. The molecule has 0 aliphatic carbocycles. The number of unbranched alkanes of at least 4 members (excludes halogenated alkanes) is 18. The van der Waals surface area contributed by atoms with Crippen molar-refractivity contribution in [3.05, 3.63) is 12.2 Å². The summed E-state index contributed by atoms with van der Waals surface area (Å²) in [6.07, 6.45) is 25.4. The minimum absolute atomic E-state index is 0.339. The van der Waals surface area contributed by atoms with Crippen molar-refractivity contribution in [2.75, 3.05) is 18.9 Å². The molecular weight excluding hydrogens is 431 g/mol. The summed E-state index contributed by atoms with van der Waals surface area (Å²) >= 11 is 0. The van der Waals surface area contributed by atoms with Crippen LogP contribution in [0.1, 0.15) is 142 Å². The average Bonchev–Trinajstić information content (AvgIpc) is 2.77. The molecule has 0 aromatic carbocycles. The molecule has 4 nitrogen and oxygen atoms in total. The molecule has 0 heterocycles. The van der Waals surface area contributed by atoms with Gasteiger partial charge in [-0.15, -0.1) is 0 Å². The van der Waals surface area contributed by atoms with Gasteiger partial charge in [0.1, 0.15) is 0 Å². The maximum Gasteiger partial charge on any atom is 0.333 e.